The third kappa shape index (κ3) is 1.96. The second kappa shape index (κ2) is 4.17. The molecule has 0 N–H and O–H groups in total. The van der Waals surface area contributed by atoms with E-state index in [9.17, 15) is 4.79 Å². The molecule has 1 aromatic rings. The number of aldehydes is 1. The Morgan fingerprint density at radius 1 is 1.40 bits per heavy atom. The predicted octanol–water partition coefficient (Wildman–Crippen LogP) is 2.93. The molecule has 0 aliphatic carbocycles. The van der Waals surface area contributed by atoms with Crippen molar-refractivity contribution in [2.24, 2.45) is 0 Å². The van der Waals surface area contributed by atoms with Gasteiger partial charge in [-0.3, -0.25) is 4.79 Å². The first kappa shape index (κ1) is 10.4. The molecule has 0 spiro atoms. The molecule has 1 aliphatic rings. The van der Waals surface area contributed by atoms with Crippen molar-refractivity contribution >= 4 is 17.9 Å². The highest BCUT2D eigenvalue weighted by molar-refractivity contribution is 6.30. The van der Waals surface area contributed by atoms with Gasteiger partial charge in [0.15, 0.2) is 0 Å². The molecule has 15 heavy (non-hydrogen) atoms. The first-order chi connectivity index (χ1) is 7.22. The Balaban J connectivity index is 2.33. The topological polar surface area (TPSA) is 26.3 Å². The van der Waals surface area contributed by atoms with Crippen LogP contribution in [0.3, 0.4) is 0 Å². The van der Waals surface area contributed by atoms with Crippen molar-refractivity contribution in [3.63, 3.8) is 0 Å². The summed E-state index contributed by atoms with van der Waals surface area (Å²) in [6.45, 7) is 2.45. The van der Waals surface area contributed by atoms with Crippen molar-refractivity contribution in [1.29, 1.82) is 0 Å². The lowest BCUT2D eigenvalue weighted by Gasteiger charge is -2.11. The van der Waals surface area contributed by atoms with Gasteiger partial charge < -0.3 is 4.74 Å². The molecular weight excluding hydrogens is 212 g/mol. The third-order valence-electron chi connectivity index (χ3n) is 2.54. The van der Waals surface area contributed by atoms with E-state index in [0.29, 0.717) is 11.6 Å². The Morgan fingerprint density at radius 3 is 2.67 bits per heavy atom. The summed E-state index contributed by atoms with van der Waals surface area (Å²) < 4.78 is 5.55. The summed E-state index contributed by atoms with van der Waals surface area (Å²) in [6, 6.07) is 7.37. The number of hydrogen-bond donors (Lipinski definition) is 0. The van der Waals surface area contributed by atoms with Gasteiger partial charge in [-0.2, -0.15) is 0 Å². The van der Waals surface area contributed by atoms with Gasteiger partial charge in [-0.05, 0) is 30.2 Å². The van der Waals surface area contributed by atoms with Crippen molar-refractivity contribution in [2.45, 2.75) is 13.0 Å². The summed E-state index contributed by atoms with van der Waals surface area (Å²) in [5.41, 5.74) is 2.71. The Bertz CT molecular complexity index is 406. The smallest absolute Gasteiger partial charge is 0.149 e. The van der Waals surface area contributed by atoms with E-state index in [-0.39, 0.29) is 6.10 Å². The lowest BCUT2D eigenvalue weighted by molar-refractivity contribution is -0.105. The van der Waals surface area contributed by atoms with Crippen molar-refractivity contribution < 1.29 is 9.53 Å². The molecule has 1 heterocycles. The molecule has 0 saturated carbocycles. The summed E-state index contributed by atoms with van der Waals surface area (Å²) in [5, 5.41) is 0.685. The van der Waals surface area contributed by atoms with Gasteiger partial charge in [0.1, 0.15) is 12.4 Å². The van der Waals surface area contributed by atoms with Crippen LogP contribution >= 0.6 is 11.6 Å². The zero-order valence-electron chi connectivity index (χ0n) is 8.37. The van der Waals surface area contributed by atoms with Gasteiger partial charge in [0.05, 0.1) is 6.61 Å². The second-order valence-electron chi connectivity index (χ2n) is 3.60. The molecule has 1 aliphatic heterocycles. The van der Waals surface area contributed by atoms with Gasteiger partial charge in [0, 0.05) is 10.6 Å². The maximum Gasteiger partial charge on any atom is 0.149 e. The molecule has 2 nitrogen and oxygen atoms in total. The minimum Gasteiger partial charge on any atom is -0.364 e. The number of halogens is 1. The molecule has 1 atom stereocenters. The molecule has 2 rings (SSSR count). The monoisotopic (exact) mass is 222 g/mol. The van der Waals surface area contributed by atoms with Crippen LogP contribution in [-0.2, 0) is 9.53 Å². The highest BCUT2D eigenvalue weighted by Crippen LogP contribution is 2.33. The molecule has 0 aromatic heterocycles. The highest BCUT2D eigenvalue weighted by atomic mass is 35.5. The van der Waals surface area contributed by atoms with E-state index in [4.69, 9.17) is 16.3 Å². The zero-order valence-corrected chi connectivity index (χ0v) is 9.12. The maximum atomic E-state index is 10.9. The van der Waals surface area contributed by atoms with Gasteiger partial charge in [-0.1, -0.05) is 23.7 Å². The number of hydrogen-bond acceptors (Lipinski definition) is 2. The molecule has 1 aromatic carbocycles. The van der Waals surface area contributed by atoms with Gasteiger partial charge in [-0.15, -0.1) is 0 Å². The van der Waals surface area contributed by atoms with Gasteiger partial charge >= 0.3 is 0 Å². The predicted molar refractivity (Wildman–Crippen MR) is 58.9 cm³/mol. The van der Waals surface area contributed by atoms with Gasteiger partial charge in [0.25, 0.3) is 0 Å². The van der Waals surface area contributed by atoms with Crippen LogP contribution < -0.4 is 0 Å². The van der Waals surface area contributed by atoms with E-state index < -0.39 is 0 Å². The van der Waals surface area contributed by atoms with Crippen LogP contribution in [0.4, 0.5) is 0 Å². The first-order valence-corrected chi connectivity index (χ1v) is 5.12. The molecule has 78 valence electrons. The standard InChI is InChI=1S/C12H11ClO2/c1-8-7-15-12(11(8)6-14)9-2-4-10(13)5-3-9/h2-6,12H,7H2,1H3/t12-/m1/s1. The van der Waals surface area contributed by atoms with Crippen LogP contribution in [0, 0.1) is 0 Å². The van der Waals surface area contributed by atoms with E-state index in [0.717, 1.165) is 23.0 Å². The lowest BCUT2D eigenvalue weighted by atomic mass is 10.0. The first-order valence-electron chi connectivity index (χ1n) is 4.74. The summed E-state index contributed by atoms with van der Waals surface area (Å²) in [4.78, 5) is 10.9. The van der Waals surface area contributed by atoms with E-state index in [1.54, 1.807) is 12.1 Å². The van der Waals surface area contributed by atoms with E-state index >= 15 is 0 Å². The number of ether oxygens (including phenoxy) is 1. The van der Waals surface area contributed by atoms with Crippen molar-refractivity contribution in [3.05, 3.63) is 46.0 Å². The van der Waals surface area contributed by atoms with E-state index in [2.05, 4.69) is 0 Å². The van der Waals surface area contributed by atoms with Crippen molar-refractivity contribution in [2.75, 3.05) is 6.61 Å². The minimum atomic E-state index is -0.222. The average molecular weight is 223 g/mol. The Hall–Kier alpha value is -1.12. The van der Waals surface area contributed by atoms with Crippen LogP contribution in [0.1, 0.15) is 18.6 Å². The van der Waals surface area contributed by atoms with Crippen LogP contribution in [0.2, 0.25) is 5.02 Å². The number of carbonyl (C=O) groups is 1. The summed E-state index contributed by atoms with van der Waals surface area (Å²) >= 11 is 5.79. The molecule has 0 bridgehead atoms. The summed E-state index contributed by atoms with van der Waals surface area (Å²) in [7, 11) is 0. The number of carbonyl (C=O) groups excluding carboxylic acids is 1. The third-order valence-corrected chi connectivity index (χ3v) is 2.79. The normalized spacial score (nSPS) is 20.8. The summed E-state index contributed by atoms with van der Waals surface area (Å²) in [6.07, 6.45) is 0.654. The quantitative estimate of drug-likeness (QED) is 0.720. The Kier molecular flexibility index (Phi) is 2.89. The minimum absolute atomic E-state index is 0.222. The maximum absolute atomic E-state index is 10.9. The number of benzene rings is 1. The zero-order chi connectivity index (χ0) is 10.8. The fraction of sp³-hybridized carbons (Fsp3) is 0.250. The van der Waals surface area contributed by atoms with Crippen LogP contribution in [-0.4, -0.2) is 12.9 Å². The van der Waals surface area contributed by atoms with Gasteiger partial charge in [-0.25, -0.2) is 0 Å². The fourth-order valence-electron chi connectivity index (χ4n) is 1.68. The average Bonchev–Trinajstić information content (AvgIpc) is 2.61. The van der Waals surface area contributed by atoms with Crippen molar-refractivity contribution in [3.8, 4) is 0 Å². The highest BCUT2D eigenvalue weighted by Gasteiger charge is 2.24. The van der Waals surface area contributed by atoms with Crippen LogP contribution in [0.15, 0.2) is 35.4 Å². The molecule has 0 fully saturated rings. The van der Waals surface area contributed by atoms with E-state index in [1.807, 2.05) is 19.1 Å². The number of rotatable bonds is 2. The molecule has 3 heteroatoms. The Morgan fingerprint density at radius 2 is 2.07 bits per heavy atom. The largest absolute Gasteiger partial charge is 0.364 e. The summed E-state index contributed by atoms with van der Waals surface area (Å²) in [5.74, 6) is 0. The van der Waals surface area contributed by atoms with Crippen molar-refractivity contribution in [1.82, 2.24) is 0 Å². The molecule has 0 saturated heterocycles. The molecular formula is C12H11ClO2. The van der Waals surface area contributed by atoms with Crippen LogP contribution in [0.25, 0.3) is 0 Å². The van der Waals surface area contributed by atoms with E-state index in [1.165, 1.54) is 0 Å². The molecule has 0 unspecified atom stereocenters. The fourth-order valence-corrected chi connectivity index (χ4v) is 1.81. The molecule has 0 amide bonds. The lowest BCUT2D eigenvalue weighted by Crippen LogP contribution is -2.01. The van der Waals surface area contributed by atoms with Crippen LogP contribution in [0.5, 0.6) is 0 Å². The van der Waals surface area contributed by atoms with Gasteiger partial charge in [0.2, 0.25) is 0 Å². The molecule has 0 radical (unpaired) electrons. The SMILES string of the molecule is CC1=C(C=O)[C@@H](c2ccc(Cl)cc2)OC1. The second-order valence-corrected chi connectivity index (χ2v) is 4.03. The Labute approximate surface area is 93.5 Å².